The monoisotopic (exact) mass is 438 g/mol. The SMILES string of the molecule is O=C1C(CCCc2ccccc2)C(=O)N(c2ccc(Cl)cc2)N1c1ccc(Cl)cc1. The zero-order valence-corrected chi connectivity index (χ0v) is 17.7. The lowest BCUT2D eigenvalue weighted by molar-refractivity contribution is -0.127. The summed E-state index contributed by atoms with van der Waals surface area (Å²) < 4.78 is 0. The van der Waals surface area contributed by atoms with Crippen molar-refractivity contribution in [3.8, 4) is 0 Å². The van der Waals surface area contributed by atoms with Crippen molar-refractivity contribution in [2.24, 2.45) is 5.92 Å². The molecule has 2 amide bonds. The van der Waals surface area contributed by atoms with Gasteiger partial charge in [-0.2, -0.15) is 0 Å². The van der Waals surface area contributed by atoms with Crippen LogP contribution in [0.2, 0.25) is 10.0 Å². The summed E-state index contributed by atoms with van der Waals surface area (Å²) in [4.78, 5) is 26.6. The smallest absolute Gasteiger partial charge is 0.258 e. The highest BCUT2D eigenvalue weighted by Gasteiger charge is 2.46. The minimum absolute atomic E-state index is 0.231. The summed E-state index contributed by atoms with van der Waals surface area (Å²) in [6.45, 7) is 0. The molecule has 1 fully saturated rings. The second-order valence-corrected chi connectivity index (χ2v) is 8.06. The molecule has 0 N–H and O–H groups in total. The van der Waals surface area contributed by atoms with E-state index >= 15 is 0 Å². The van der Waals surface area contributed by atoms with Crippen LogP contribution in [0.3, 0.4) is 0 Å². The topological polar surface area (TPSA) is 40.6 Å². The second kappa shape index (κ2) is 8.90. The molecule has 3 aromatic rings. The summed E-state index contributed by atoms with van der Waals surface area (Å²) in [5, 5.41) is 4.01. The average molecular weight is 439 g/mol. The normalized spacial score (nSPS) is 14.6. The van der Waals surface area contributed by atoms with E-state index in [4.69, 9.17) is 23.2 Å². The van der Waals surface area contributed by atoms with Crippen molar-refractivity contribution in [3.05, 3.63) is 94.5 Å². The van der Waals surface area contributed by atoms with Crippen LogP contribution >= 0.6 is 23.2 Å². The number of aryl methyl sites for hydroxylation is 1. The Morgan fingerprint density at radius 3 is 1.60 bits per heavy atom. The third-order valence-corrected chi connectivity index (χ3v) is 5.66. The third-order valence-electron chi connectivity index (χ3n) is 5.16. The molecule has 1 aliphatic rings. The van der Waals surface area contributed by atoms with Gasteiger partial charge in [-0.25, -0.2) is 10.0 Å². The minimum Gasteiger partial charge on any atom is -0.272 e. The van der Waals surface area contributed by atoms with Crippen LogP contribution < -0.4 is 10.0 Å². The molecule has 1 aliphatic heterocycles. The Morgan fingerprint density at radius 2 is 1.13 bits per heavy atom. The number of carbonyl (C=O) groups excluding carboxylic acids is 2. The van der Waals surface area contributed by atoms with E-state index in [0.717, 1.165) is 12.8 Å². The number of hydrazine groups is 1. The quantitative estimate of drug-likeness (QED) is 0.447. The molecule has 4 nitrogen and oxygen atoms in total. The Morgan fingerprint density at radius 1 is 0.667 bits per heavy atom. The number of carbonyl (C=O) groups is 2. The molecule has 30 heavy (non-hydrogen) atoms. The Kier molecular flexibility index (Phi) is 6.07. The van der Waals surface area contributed by atoms with E-state index < -0.39 is 5.92 Å². The van der Waals surface area contributed by atoms with Crippen molar-refractivity contribution in [3.63, 3.8) is 0 Å². The fourth-order valence-corrected chi connectivity index (χ4v) is 3.90. The lowest BCUT2D eigenvalue weighted by atomic mass is 9.99. The third kappa shape index (κ3) is 4.20. The van der Waals surface area contributed by atoms with Crippen LogP contribution in [-0.4, -0.2) is 11.8 Å². The van der Waals surface area contributed by atoms with Gasteiger partial charge in [0.25, 0.3) is 11.8 Å². The van der Waals surface area contributed by atoms with Gasteiger partial charge in [0, 0.05) is 10.0 Å². The molecule has 0 spiro atoms. The van der Waals surface area contributed by atoms with Crippen molar-refractivity contribution in [2.75, 3.05) is 10.0 Å². The van der Waals surface area contributed by atoms with Crippen molar-refractivity contribution >= 4 is 46.4 Å². The van der Waals surface area contributed by atoms with Gasteiger partial charge in [0.2, 0.25) is 0 Å². The zero-order chi connectivity index (χ0) is 21.1. The molecule has 0 saturated carbocycles. The van der Waals surface area contributed by atoms with Crippen LogP contribution in [0.1, 0.15) is 18.4 Å². The van der Waals surface area contributed by atoms with E-state index in [9.17, 15) is 9.59 Å². The van der Waals surface area contributed by atoms with Crippen molar-refractivity contribution in [2.45, 2.75) is 19.3 Å². The first kappa shape index (κ1) is 20.5. The standard InChI is InChI=1S/C24H20Cl2N2O2/c25-18-9-13-20(14-10-18)27-23(29)22(8-4-7-17-5-2-1-3-6-17)24(30)28(27)21-15-11-19(26)12-16-21/h1-3,5-6,9-16,22H,4,7-8H2. The molecule has 0 aliphatic carbocycles. The first-order valence-corrected chi connectivity index (χ1v) is 10.5. The Bertz CT molecular complexity index is 974. The predicted octanol–water partition coefficient (Wildman–Crippen LogP) is 5.93. The van der Waals surface area contributed by atoms with Crippen LogP contribution in [0.15, 0.2) is 78.9 Å². The molecule has 1 heterocycles. The number of benzene rings is 3. The highest BCUT2D eigenvalue weighted by atomic mass is 35.5. The van der Waals surface area contributed by atoms with Gasteiger partial charge in [-0.1, -0.05) is 53.5 Å². The summed E-state index contributed by atoms with van der Waals surface area (Å²) in [7, 11) is 0. The van der Waals surface area contributed by atoms with Gasteiger partial charge >= 0.3 is 0 Å². The van der Waals surface area contributed by atoms with Crippen molar-refractivity contribution < 1.29 is 9.59 Å². The molecular formula is C24H20Cl2N2O2. The number of anilines is 2. The van der Waals surface area contributed by atoms with Gasteiger partial charge in [0.1, 0.15) is 5.92 Å². The maximum Gasteiger partial charge on any atom is 0.258 e. The summed E-state index contributed by atoms with van der Waals surface area (Å²) in [6, 6.07) is 23.8. The van der Waals surface area contributed by atoms with Crippen LogP contribution in [0.25, 0.3) is 0 Å². The molecule has 0 unspecified atom stereocenters. The van der Waals surface area contributed by atoms with Crippen LogP contribution in [-0.2, 0) is 16.0 Å². The maximum atomic E-state index is 13.3. The first-order valence-electron chi connectivity index (χ1n) is 9.77. The maximum absolute atomic E-state index is 13.3. The van der Waals surface area contributed by atoms with Crippen LogP contribution in [0, 0.1) is 5.92 Å². The van der Waals surface area contributed by atoms with E-state index in [1.807, 2.05) is 18.2 Å². The van der Waals surface area contributed by atoms with Crippen LogP contribution in [0.5, 0.6) is 0 Å². The Labute approximate surface area is 185 Å². The molecule has 0 radical (unpaired) electrons. The predicted molar refractivity (Wildman–Crippen MR) is 121 cm³/mol. The number of nitrogens with zero attached hydrogens (tertiary/aromatic N) is 2. The highest BCUT2D eigenvalue weighted by Crippen LogP contribution is 2.34. The molecule has 0 bridgehead atoms. The first-order chi connectivity index (χ1) is 14.5. The van der Waals surface area contributed by atoms with E-state index in [-0.39, 0.29) is 11.8 Å². The lowest BCUT2D eigenvalue weighted by Gasteiger charge is -2.27. The lowest BCUT2D eigenvalue weighted by Crippen LogP contribution is -2.41. The van der Waals surface area contributed by atoms with Gasteiger partial charge < -0.3 is 0 Å². The number of halogens is 2. The fourth-order valence-electron chi connectivity index (χ4n) is 3.65. The Hall–Kier alpha value is -2.82. The summed E-state index contributed by atoms with van der Waals surface area (Å²) >= 11 is 12.0. The Balaban J connectivity index is 1.60. The van der Waals surface area contributed by atoms with Gasteiger partial charge in [-0.15, -0.1) is 0 Å². The van der Waals surface area contributed by atoms with Gasteiger partial charge in [0.15, 0.2) is 0 Å². The van der Waals surface area contributed by atoms with Gasteiger partial charge in [0.05, 0.1) is 11.4 Å². The molecule has 152 valence electrons. The fraction of sp³-hybridized carbons (Fsp3) is 0.167. The summed E-state index contributed by atoms with van der Waals surface area (Å²) in [6.07, 6.45) is 2.05. The number of amides is 2. The summed E-state index contributed by atoms with van der Waals surface area (Å²) in [5.41, 5.74) is 2.39. The van der Waals surface area contributed by atoms with E-state index in [1.165, 1.54) is 15.6 Å². The summed E-state index contributed by atoms with van der Waals surface area (Å²) in [5.74, 6) is -1.18. The molecule has 3 aromatic carbocycles. The number of rotatable bonds is 6. The molecule has 0 atom stereocenters. The largest absolute Gasteiger partial charge is 0.272 e. The number of hydrogen-bond donors (Lipinski definition) is 0. The molecule has 1 saturated heterocycles. The van der Waals surface area contributed by atoms with Gasteiger partial charge in [-0.05, 0) is 73.4 Å². The van der Waals surface area contributed by atoms with E-state index in [2.05, 4.69) is 12.1 Å². The van der Waals surface area contributed by atoms with E-state index in [0.29, 0.717) is 27.8 Å². The highest BCUT2D eigenvalue weighted by molar-refractivity contribution is 6.31. The average Bonchev–Trinajstić information content (AvgIpc) is 3.00. The van der Waals surface area contributed by atoms with E-state index in [1.54, 1.807) is 48.5 Å². The minimum atomic E-state index is -0.722. The molecule has 6 heteroatoms. The zero-order valence-electron chi connectivity index (χ0n) is 16.2. The second-order valence-electron chi connectivity index (χ2n) is 7.18. The molecule has 4 rings (SSSR count). The molecular weight excluding hydrogens is 419 g/mol. The van der Waals surface area contributed by atoms with Crippen molar-refractivity contribution in [1.29, 1.82) is 0 Å². The van der Waals surface area contributed by atoms with Crippen molar-refractivity contribution in [1.82, 2.24) is 0 Å². The van der Waals surface area contributed by atoms with Crippen LogP contribution in [0.4, 0.5) is 11.4 Å². The molecule has 0 aromatic heterocycles. The van der Waals surface area contributed by atoms with Gasteiger partial charge in [-0.3, -0.25) is 9.59 Å². The number of hydrogen-bond acceptors (Lipinski definition) is 2.